The summed E-state index contributed by atoms with van der Waals surface area (Å²) in [6, 6.07) is 5.17. The zero-order valence-corrected chi connectivity index (χ0v) is 12.6. The van der Waals surface area contributed by atoms with E-state index in [2.05, 4.69) is 37.2 Å². The van der Waals surface area contributed by atoms with Crippen molar-refractivity contribution >= 4 is 37.5 Å². The Balaban J connectivity index is 2.18. The summed E-state index contributed by atoms with van der Waals surface area (Å²) >= 11 is 6.49. The van der Waals surface area contributed by atoms with E-state index in [0.29, 0.717) is 15.9 Å². The third-order valence-corrected chi connectivity index (χ3v) is 3.82. The normalized spacial score (nSPS) is 11.6. The third-order valence-electron chi connectivity index (χ3n) is 2.42. The van der Waals surface area contributed by atoms with E-state index < -0.39 is 11.7 Å². The van der Waals surface area contributed by atoms with Crippen molar-refractivity contribution in [2.75, 3.05) is 5.32 Å². The molecule has 0 fully saturated rings. The summed E-state index contributed by atoms with van der Waals surface area (Å²) in [6.45, 7) is 0.285. The lowest BCUT2D eigenvalue weighted by Gasteiger charge is -2.12. The predicted octanol–water partition coefficient (Wildman–Crippen LogP) is 5.44. The Morgan fingerprint density at radius 3 is 2.42 bits per heavy atom. The zero-order chi connectivity index (χ0) is 14.0. The van der Waals surface area contributed by atoms with Crippen molar-refractivity contribution in [3.05, 3.63) is 50.8 Å². The van der Waals surface area contributed by atoms with Crippen molar-refractivity contribution in [1.29, 1.82) is 0 Å². The van der Waals surface area contributed by atoms with Crippen LogP contribution in [0, 0.1) is 0 Å². The van der Waals surface area contributed by atoms with Gasteiger partial charge < -0.3 is 9.73 Å². The van der Waals surface area contributed by atoms with Crippen molar-refractivity contribution < 1.29 is 17.6 Å². The third kappa shape index (κ3) is 3.54. The second-order valence-corrected chi connectivity index (χ2v) is 5.45. The van der Waals surface area contributed by atoms with Gasteiger partial charge in [0.1, 0.15) is 5.76 Å². The fourth-order valence-corrected chi connectivity index (χ4v) is 2.19. The highest BCUT2D eigenvalue weighted by atomic mass is 79.9. The average Bonchev–Trinajstić information content (AvgIpc) is 2.72. The Labute approximate surface area is 124 Å². The maximum atomic E-state index is 12.6. The van der Waals surface area contributed by atoms with Crippen molar-refractivity contribution in [2.45, 2.75) is 12.7 Å². The zero-order valence-electron chi connectivity index (χ0n) is 9.39. The Morgan fingerprint density at radius 2 is 1.84 bits per heavy atom. The summed E-state index contributed by atoms with van der Waals surface area (Å²) < 4.78 is 44.3. The Kier molecular flexibility index (Phi) is 4.25. The number of rotatable bonds is 3. The Bertz CT molecular complexity index is 581. The first-order chi connectivity index (χ1) is 8.88. The van der Waals surface area contributed by atoms with E-state index in [0.717, 1.165) is 16.6 Å². The second-order valence-electron chi connectivity index (χ2n) is 3.74. The van der Waals surface area contributed by atoms with Gasteiger partial charge in [0.15, 0.2) is 0 Å². The van der Waals surface area contributed by atoms with Crippen LogP contribution in [0.15, 0.2) is 43.9 Å². The summed E-state index contributed by atoms with van der Waals surface area (Å²) in [5, 5.41) is 2.90. The molecular weight excluding hydrogens is 391 g/mol. The van der Waals surface area contributed by atoms with Crippen LogP contribution in [0.1, 0.15) is 11.3 Å². The highest BCUT2D eigenvalue weighted by molar-refractivity contribution is 9.10. The molecule has 0 aliphatic heterocycles. The van der Waals surface area contributed by atoms with Crippen molar-refractivity contribution in [2.24, 2.45) is 0 Å². The first-order valence-corrected chi connectivity index (χ1v) is 6.79. The molecule has 0 atom stereocenters. The lowest BCUT2D eigenvalue weighted by atomic mass is 10.2. The summed E-state index contributed by atoms with van der Waals surface area (Å²) in [5.41, 5.74) is -0.338. The minimum atomic E-state index is -4.36. The van der Waals surface area contributed by atoms with Gasteiger partial charge in [0.2, 0.25) is 0 Å². The Hall–Kier alpha value is -0.950. The van der Waals surface area contributed by atoms with Gasteiger partial charge in [0.05, 0.1) is 22.8 Å². The summed E-state index contributed by atoms with van der Waals surface area (Å²) in [6.07, 6.45) is -2.86. The van der Waals surface area contributed by atoms with E-state index in [1.165, 1.54) is 12.3 Å². The molecule has 2 rings (SSSR count). The topological polar surface area (TPSA) is 25.2 Å². The van der Waals surface area contributed by atoms with Crippen LogP contribution in [-0.4, -0.2) is 0 Å². The minimum absolute atomic E-state index is 0.285. The summed E-state index contributed by atoms with van der Waals surface area (Å²) in [4.78, 5) is 0. The average molecular weight is 399 g/mol. The van der Waals surface area contributed by atoms with Crippen molar-refractivity contribution in [3.8, 4) is 0 Å². The van der Waals surface area contributed by atoms with Gasteiger partial charge in [0, 0.05) is 10.2 Å². The molecule has 102 valence electrons. The molecule has 0 unspecified atom stereocenters. The molecule has 19 heavy (non-hydrogen) atoms. The first-order valence-electron chi connectivity index (χ1n) is 5.20. The number of furan rings is 1. The predicted molar refractivity (Wildman–Crippen MR) is 72.9 cm³/mol. The molecule has 1 aromatic carbocycles. The maximum absolute atomic E-state index is 12.6. The number of halogens is 5. The lowest BCUT2D eigenvalue weighted by molar-refractivity contribution is -0.137. The molecule has 2 nitrogen and oxygen atoms in total. The van der Waals surface area contributed by atoms with Crippen LogP contribution in [0.4, 0.5) is 18.9 Å². The Morgan fingerprint density at radius 1 is 1.11 bits per heavy atom. The lowest BCUT2D eigenvalue weighted by Crippen LogP contribution is -2.07. The second kappa shape index (κ2) is 5.58. The van der Waals surface area contributed by atoms with Crippen LogP contribution in [-0.2, 0) is 12.7 Å². The molecule has 7 heteroatoms. The SMILES string of the molecule is FC(F)(F)c1ccc(Br)c(NCc2occc2Br)c1. The number of hydrogen-bond donors (Lipinski definition) is 1. The van der Waals surface area contributed by atoms with E-state index in [9.17, 15) is 13.2 Å². The minimum Gasteiger partial charge on any atom is -0.466 e. The van der Waals surface area contributed by atoms with Crippen LogP contribution < -0.4 is 5.32 Å². The van der Waals surface area contributed by atoms with Gasteiger partial charge in [-0.05, 0) is 56.1 Å². The quantitative estimate of drug-likeness (QED) is 0.745. The molecule has 0 aliphatic carbocycles. The molecule has 0 bridgehead atoms. The number of alkyl halides is 3. The van der Waals surface area contributed by atoms with Gasteiger partial charge in [-0.3, -0.25) is 0 Å². The van der Waals surface area contributed by atoms with Crippen LogP contribution in [0.25, 0.3) is 0 Å². The van der Waals surface area contributed by atoms with Crippen molar-refractivity contribution in [3.63, 3.8) is 0 Å². The number of anilines is 1. The standard InChI is InChI=1S/C12H8Br2F3NO/c13-8-2-1-7(12(15,16)17)5-10(8)18-6-11-9(14)3-4-19-11/h1-5,18H,6H2. The molecular formula is C12H8Br2F3NO. The number of nitrogens with one attached hydrogen (secondary N) is 1. The van der Waals surface area contributed by atoms with E-state index in [4.69, 9.17) is 4.42 Å². The largest absolute Gasteiger partial charge is 0.466 e. The van der Waals surface area contributed by atoms with Crippen LogP contribution in [0.3, 0.4) is 0 Å². The summed E-state index contributed by atoms with van der Waals surface area (Å²) in [5.74, 6) is 0.615. The molecule has 0 saturated carbocycles. The fraction of sp³-hybridized carbons (Fsp3) is 0.167. The molecule has 2 aromatic rings. The van der Waals surface area contributed by atoms with E-state index in [1.807, 2.05) is 0 Å². The van der Waals surface area contributed by atoms with Gasteiger partial charge in [-0.2, -0.15) is 13.2 Å². The molecule has 0 radical (unpaired) electrons. The first kappa shape index (κ1) is 14.5. The molecule has 0 spiro atoms. The van der Waals surface area contributed by atoms with E-state index in [-0.39, 0.29) is 6.54 Å². The van der Waals surface area contributed by atoms with Crippen LogP contribution in [0.2, 0.25) is 0 Å². The van der Waals surface area contributed by atoms with E-state index in [1.54, 1.807) is 6.07 Å². The monoisotopic (exact) mass is 397 g/mol. The highest BCUT2D eigenvalue weighted by Gasteiger charge is 2.30. The molecule has 0 saturated heterocycles. The van der Waals surface area contributed by atoms with Gasteiger partial charge in [0.25, 0.3) is 0 Å². The molecule has 1 N–H and O–H groups in total. The summed E-state index contributed by atoms with van der Waals surface area (Å²) in [7, 11) is 0. The molecule has 0 amide bonds. The van der Waals surface area contributed by atoms with Gasteiger partial charge in [-0.15, -0.1) is 0 Å². The highest BCUT2D eigenvalue weighted by Crippen LogP contribution is 2.34. The van der Waals surface area contributed by atoms with Gasteiger partial charge in [-0.25, -0.2) is 0 Å². The van der Waals surface area contributed by atoms with Gasteiger partial charge in [-0.1, -0.05) is 0 Å². The molecule has 1 heterocycles. The van der Waals surface area contributed by atoms with E-state index >= 15 is 0 Å². The number of benzene rings is 1. The van der Waals surface area contributed by atoms with Crippen LogP contribution >= 0.6 is 31.9 Å². The number of hydrogen-bond acceptors (Lipinski definition) is 2. The fourth-order valence-electron chi connectivity index (χ4n) is 1.46. The smallest absolute Gasteiger partial charge is 0.416 e. The maximum Gasteiger partial charge on any atom is 0.416 e. The van der Waals surface area contributed by atoms with Crippen molar-refractivity contribution in [1.82, 2.24) is 0 Å². The molecule has 1 aromatic heterocycles. The van der Waals surface area contributed by atoms with Crippen LogP contribution in [0.5, 0.6) is 0 Å². The van der Waals surface area contributed by atoms with Gasteiger partial charge >= 0.3 is 6.18 Å². The molecule has 0 aliphatic rings.